The van der Waals surface area contributed by atoms with Crippen LogP contribution in [-0.4, -0.2) is 60.4 Å². The Hall–Kier alpha value is -1.21. The molecule has 7 heteroatoms. The fourth-order valence-corrected chi connectivity index (χ4v) is 3.55. The zero-order valence-corrected chi connectivity index (χ0v) is 14.6. The Labute approximate surface area is 145 Å². The number of halogens is 3. The average molecular weight is 360 g/mol. The van der Waals surface area contributed by atoms with Gasteiger partial charge in [-0.15, -0.1) is 11.8 Å². The van der Waals surface area contributed by atoms with E-state index in [1.54, 1.807) is 16.7 Å². The maximum atomic E-state index is 12.5. The van der Waals surface area contributed by atoms with Gasteiger partial charge in [0, 0.05) is 31.9 Å². The van der Waals surface area contributed by atoms with E-state index >= 15 is 0 Å². The molecule has 24 heavy (non-hydrogen) atoms. The summed E-state index contributed by atoms with van der Waals surface area (Å²) in [6, 6.07) is 8.19. The summed E-state index contributed by atoms with van der Waals surface area (Å²) in [5.74, 6) is 1.15. The number of carbonyl (C=O) groups excluding carboxylic acids is 1. The highest BCUT2D eigenvalue weighted by molar-refractivity contribution is 7.99. The van der Waals surface area contributed by atoms with Gasteiger partial charge in [0.25, 0.3) is 0 Å². The Morgan fingerprint density at radius 1 is 1.12 bits per heavy atom. The van der Waals surface area contributed by atoms with Crippen molar-refractivity contribution in [3.63, 3.8) is 0 Å². The number of aryl methyl sites for hydroxylation is 1. The van der Waals surface area contributed by atoms with Crippen molar-refractivity contribution in [2.24, 2.45) is 0 Å². The van der Waals surface area contributed by atoms with Crippen LogP contribution in [0.4, 0.5) is 13.2 Å². The highest BCUT2D eigenvalue weighted by atomic mass is 32.2. The second-order valence-electron chi connectivity index (χ2n) is 6.10. The summed E-state index contributed by atoms with van der Waals surface area (Å²) in [6.07, 6.45) is -3.59. The maximum Gasteiger partial charge on any atom is 0.401 e. The summed E-state index contributed by atoms with van der Waals surface area (Å²) in [5.41, 5.74) is 2.37. The first kappa shape index (κ1) is 19.1. The van der Waals surface area contributed by atoms with Crippen LogP contribution in [0.15, 0.2) is 24.3 Å². The van der Waals surface area contributed by atoms with E-state index in [1.165, 1.54) is 16.0 Å². The molecule has 134 valence electrons. The van der Waals surface area contributed by atoms with Crippen molar-refractivity contribution in [2.45, 2.75) is 25.3 Å². The Bertz CT molecular complexity index is 534. The summed E-state index contributed by atoms with van der Waals surface area (Å²) in [4.78, 5) is 15.3. The van der Waals surface area contributed by atoms with Crippen molar-refractivity contribution in [1.29, 1.82) is 0 Å². The molecule has 0 atom stereocenters. The summed E-state index contributed by atoms with van der Waals surface area (Å²) < 4.78 is 37.4. The number of thioether (sulfide) groups is 1. The summed E-state index contributed by atoms with van der Waals surface area (Å²) in [7, 11) is 0. The van der Waals surface area contributed by atoms with Gasteiger partial charge in [0.2, 0.25) is 5.91 Å². The predicted molar refractivity (Wildman–Crippen MR) is 91.0 cm³/mol. The van der Waals surface area contributed by atoms with Gasteiger partial charge in [-0.05, 0) is 18.9 Å². The van der Waals surface area contributed by atoms with Crippen LogP contribution in [0.5, 0.6) is 0 Å². The molecule has 1 aliphatic heterocycles. The van der Waals surface area contributed by atoms with E-state index in [0.29, 0.717) is 31.8 Å². The Morgan fingerprint density at radius 2 is 1.83 bits per heavy atom. The maximum absolute atomic E-state index is 12.5. The molecule has 2 rings (SSSR count). The van der Waals surface area contributed by atoms with E-state index in [0.717, 1.165) is 5.75 Å². The van der Waals surface area contributed by atoms with Crippen LogP contribution in [0, 0.1) is 6.92 Å². The molecule has 0 saturated carbocycles. The van der Waals surface area contributed by atoms with Gasteiger partial charge in [-0.25, -0.2) is 0 Å². The highest BCUT2D eigenvalue weighted by Crippen LogP contribution is 2.18. The van der Waals surface area contributed by atoms with Gasteiger partial charge in [0.05, 0.1) is 12.3 Å². The van der Waals surface area contributed by atoms with Crippen molar-refractivity contribution in [3.05, 3.63) is 35.4 Å². The molecule has 0 spiro atoms. The van der Waals surface area contributed by atoms with E-state index in [1.807, 2.05) is 31.2 Å². The first-order valence-corrected chi connectivity index (χ1v) is 9.19. The van der Waals surface area contributed by atoms with Gasteiger partial charge < -0.3 is 4.90 Å². The monoisotopic (exact) mass is 360 g/mol. The first-order valence-electron chi connectivity index (χ1n) is 8.04. The number of rotatable bonds is 5. The molecular weight excluding hydrogens is 337 g/mol. The predicted octanol–water partition coefficient (Wildman–Crippen LogP) is 3.32. The SMILES string of the molecule is Cc1ccc(CSCC(=O)N2CCCN(CC(F)(F)F)CC2)cc1. The van der Waals surface area contributed by atoms with Crippen LogP contribution in [0.25, 0.3) is 0 Å². The normalized spacial score (nSPS) is 16.9. The van der Waals surface area contributed by atoms with Gasteiger partial charge in [-0.1, -0.05) is 29.8 Å². The molecule has 0 aromatic heterocycles. The summed E-state index contributed by atoms with van der Waals surface area (Å²) in [6.45, 7) is 2.73. The van der Waals surface area contributed by atoms with Crippen LogP contribution < -0.4 is 0 Å². The van der Waals surface area contributed by atoms with Crippen LogP contribution >= 0.6 is 11.8 Å². The van der Waals surface area contributed by atoms with E-state index in [2.05, 4.69) is 0 Å². The van der Waals surface area contributed by atoms with Gasteiger partial charge in [-0.3, -0.25) is 9.69 Å². The number of carbonyl (C=O) groups is 1. The number of hydrogen-bond donors (Lipinski definition) is 0. The molecule has 1 aromatic carbocycles. The smallest absolute Gasteiger partial charge is 0.341 e. The third kappa shape index (κ3) is 6.73. The second-order valence-corrected chi connectivity index (χ2v) is 7.09. The zero-order chi connectivity index (χ0) is 17.6. The molecule has 0 radical (unpaired) electrons. The van der Waals surface area contributed by atoms with Gasteiger partial charge in [0.1, 0.15) is 0 Å². The number of hydrogen-bond acceptors (Lipinski definition) is 3. The lowest BCUT2D eigenvalue weighted by atomic mass is 10.2. The molecule has 1 saturated heterocycles. The lowest BCUT2D eigenvalue weighted by Gasteiger charge is -2.22. The van der Waals surface area contributed by atoms with E-state index in [9.17, 15) is 18.0 Å². The Morgan fingerprint density at radius 3 is 2.50 bits per heavy atom. The van der Waals surface area contributed by atoms with Crippen molar-refractivity contribution in [2.75, 3.05) is 38.5 Å². The quantitative estimate of drug-likeness (QED) is 0.805. The minimum atomic E-state index is -4.18. The fourth-order valence-electron chi connectivity index (χ4n) is 2.66. The minimum Gasteiger partial charge on any atom is -0.341 e. The molecule has 0 bridgehead atoms. The number of alkyl halides is 3. The number of benzene rings is 1. The van der Waals surface area contributed by atoms with Crippen LogP contribution in [0.1, 0.15) is 17.5 Å². The molecule has 0 unspecified atom stereocenters. The molecule has 1 fully saturated rings. The highest BCUT2D eigenvalue weighted by Gasteiger charge is 2.31. The molecular formula is C17H23F3N2OS. The van der Waals surface area contributed by atoms with Gasteiger partial charge >= 0.3 is 6.18 Å². The zero-order valence-electron chi connectivity index (χ0n) is 13.8. The second kappa shape index (κ2) is 8.76. The lowest BCUT2D eigenvalue weighted by molar-refractivity contribution is -0.145. The van der Waals surface area contributed by atoms with Crippen molar-refractivity contribution >= 4 is 17.7 Å². The minimum absolute atomic E-state index is 0.0148. The Kier molecular flexibility index (Phi) is 6.98. The van der Waals surface area contributed by atoms with Crippen LogP contribution in [-0.2, 0) is 10.5 Å². The Balaban J connectivity index is 1.73. The molecule has 0 N–H and O–H groups in total. The van der Waals surface area contributed by atoms with Crippen molar-refractivity contribution in [3.8, 4) is 0 Å². The van der Waals surface area contributed by atoms with Gasteiger partial charge in [0.15, 0.2) is 0 Å². The molecule has 1 heterocycles. The third-order valence-electron chi connectivity index (χ3n) is 3.96. The van der Waals surface area contributed by atoms with E-state index < -0.39 is 12.7 Å². The van der Waals surface area contributed by atoms with Crippen LogP contribution in [0.3, 0.4) is 0 Å². The molecule has 3 nitrogen and oxygen atoms in total. The van der Waals surface area contributed by atoms with Gasteiger partial charge in [-0.2, -0.15) is 13.2 Å². The van der Waals surface area contributed by atoms with Crippen molar-refractivity contribution in [1.82, 2.24) is 9.80 Å². The standard InChI is InChI=1S/C17H23F3N2OS/c1-14-3-5-15(6-4-14)11-24-12-16(23)22-8-2-7-21(9-10-22)13-17(18,19)20/h3-6H,2,7-13H2,1H3. The third-order valence-corrected chi connectivity index (χ3v) is 4.95. The van der Waals surface area contributed by atoms with Crippen LogP contribution in [0.2, 0.25) is 0 Å². The van der Waals surface area contributed by atoms with Crippen molar-refractivity contribution < 1.29 is 18.0 Å². The summed E-state index contributed by atoms with van der Waals surface area (Å²) in [5, 5.41) is 0. The first-order chi connectivity index (χ1) is 11.3. The molecule has 1 amide bonds. The molecule has 1 aromatic rings. The average Bonchev–Trinajstić information content (AvgIpc) is 2.73. The fraction of sp³-hybridized carbons (Fsp3) is 0.588. The molecule has 0 aliphatic carbocycles. The number of amides is 1. The topological polar surface area (TPSA) is 23.6 Å². The summed E-state index contributed by atoms with van der Waals surface area (Å²) >= 11 is 1.55. The largest absolute Gasteiger partial charge is 0.401 e. The lowest BCUT2D eigenvalue weighted by Crippen LogP contribution is -2.39. The number of nitrogens with zero attached hydrogens (tertiary/aromatic N) is 2. The van der Waals surface area contributed by atoms with E-state index in [4.69, 9.17) is 0 Å². The molecule has 1 aliphatic rings. The van der Waals surface area contributed by atoms with E-state index in [-0.39, 0.29) is 12.5 Å².